The van der Waals surface area contributed by atoms with E-state index in [4.69, 9.17) is 4.42 Å². The Morgan fingerprint density at radius 1 is 0.592 bits per heavy atom. The third-order valence-electron chi connectivity index (χ3n) is 12.8. The van der Waals surface area contributed by atoms with E-state index in [1.165, 1.54) is 84.4 Å². The Kier molecular flexibility index (Phi) is 5.86. The lowest BCUT2D eigenvalue weighted by atomic mass is 9.49. The van der Waals surface area contributed by atoms with Gasteiger partial charge in [-0.15, -0.1) is 11.3 Å². The number of thiophene rings is 1. The summed E-state index contributed by atoms with van der Waals surface area (Å²) in [7, 11) is 0. The van der Waals surface area contributed by atoms with E-state index in [1.807, 2.05) is 11.3 Å². The van der Waals surface area contributed by atoms with Gasteiger partial charge in [-0.25, -0.2) is 0 Å². The topological polar surface area (TPSA) is 13.1 Å². The Labute approximate surface area is 291 Å². The summed E-state index contributed by atoms with van der Waals surface area (Å²) in [4.78, 5) is 0. The fourth-order valence-electron chi connectivity index (χ4n) is 11.1. The fraction of sp³-hybridized carbons (Fsp3) is 0.234. The molecule has 5 atom stereocenters. The smallest absolute Gasteiger partial charge is 0.143 e. The highest BCUT2D eigenvalue weighted by atomic mass is 32.1. The predicted octanol–water partition coefficient (Wildman–Crippen LogP) is 13.6. The predicted molar refractivity (Wildman–Crippen MR) is 207 cm³/mol. The van der Waals surface area contributed by atoms with E-state index in [1.54, 1.807) is 11.1 Å². The molecule has 11 rings (SSSR count). The Morgan fingerprint density at radius 3 is 2.27 bits per heavy atom. The van der Waals surface area contributed by atoms with Gasteiger partial charge in [-0.3, -0.25) is 0 Å². The molecule has 8 aromatic rings. The van der Waals surface area contributed by atoms with E-state index < -0.39 is 0 Å². The molecule has 0 saturated heterocycles. The second-order valence-electron chi connectivity index (χ2n) is 15.4. The molecule has 2 fully saturated rings. The molecule has 0 amide bonds. The van der Waals surface area contributed by atoms with E-state index >= 15 is 0 Å². The minimum atomic E-state index is 0.110. The van der Waals surface area contributed by atoms with E-state index in [2.05, 4.69) is 135 Å². The molecule has 1 nitrogen and oxygen atoms in total. The fourth-order valence-corrected chi connectivity index (χ4v) is 12.4. The van der Waals surface area contributed by atoms with Crippen LogP contribution in [0.2, 0.25) is 0 Å². The third-order valence-corrected chi connectivity index (χ3v) is 14.0. The Bertz CT molecular complexity index is 2630. The van der Waals surface area contributed by atoms with Crippen LogP contribution in [0.1, 0.15) is 50.7 Å². The van der Waals surface area contributed by atoms with Crippen molar-refractivity contribution in [1.82, 2.24) is 0 Å². The number of para-hydroxylation sites is 2. The summed E-state index contributed by atoms with van der Waals surface area (Å²) in [5.41, 5.74) is 13.3. The van der Waals surface area contributed by atoms with Crippen LogP contribution in [0.25, 0.3) is 75.5 Å². The van der Waals surface area contributed by atoms with Gasteiger partial charge in [0.1, 0.15) is 11.2 Å². The molecule has 3 aliphatic rings. The van der Waals surface area contributed by atoms with Gasteiger partial charge in [0.2, 0.25) is 0 Å². The zero-order valence-electron chi connectivity index (χ0n) is 28.0. The van der Waals surface area contributed by atoms with Gasteiger partial charge >= 0.3 is 0 Å². The molecular weight excluding hydrogens is 613 g/mol. The Hall–Kier alpha value is -4.66. The lowest BCUT2D eigenvalue weighted by Crippen LogP contribution is -2.49. The van der Waals surface area contributed by atoms with Crippen LogP contribution < -0.4 is 0 Å². The molecule has 0 aliphatic heterocycles. The number of rotatable bonds is 2. The Balaban J connectivity index is 1.10. The molecule has 5 unspecified atom stereocenters. The molecule has 3 aliphatic carbocycles. The van der Waals surface area contributed by atoms with Crippen molar-refractivity contribution in [3.05, 3.63) is 132 Å². The average molecular weight is 651 g/mol. The maximum absolute atomic E-state index is 6.50. The van der Waals surface area contributed by atoms with Crippen LogP contribution in [-0.4, -0.2) is 0 Å². The molecule has 0 N–H and O–H groups in total. The van der Waals surface area contributed by atoms with Gasteiger partial charge in [-0.2, -0.15) is 0 Å². The van der Waals surface area contributed by atoms with Crippen LogP contribution in [0.5, 0.6) is 0 Å². The molecule has 0 radical (unpaired) electrons. The lowest BCUT2D eigenvalue weighted by Gasteiger charge is -2.54. The summed E-state index contributed by atoms with van der Waals surface area (Å²) < 4.78 is 9.15. The first-order valence-electron chi connectivity index (χ1n) is 18.2. The van der Waals surface area contributed by atoms with Crippen molar-refractivity contribution in [2.75, 3.05) is 0 Å². The van der Waals surface area contributed by atoms with Gasteiger partial charge in [0, 0.05) is 47.5 Å². The minimum Gasteiger partial charge on any atom is -0.455 e. The van der Waals surface area contributed by atoms with Crippen molar-refractivity contribution in [1.29, 1.82) is 0 Å². The van der Waals surface area contributed by atoms with Crippen molar-refractivity contribution in [3.63, 3.8) is 0 Å². The lowest BCUT2D eigenvalue weighted by molar-refractivity contribution is 0.0426. The van der Waals surface area contributed by atoms with Gasteiger partial charge in [-0.1, -0.05) is 117 Å². The van der Waals surface area contributed by atoms with Crippen molar-refractivity contribution < 1.29 is 4.42 Å². The third kappa shape index (κ3) is 3.76. The standard InChI is InChI=1S/C47H38OS/c1-27-22-29-24-28(2)47(31(23-27)25-29)40-17-5-3-11-38(40)44-32(12-9-18-41(44)47)30-20-21-43-39(26-30)37-16-8-15-36(46(37)49-43)35-14-7-13-34-33-10-4-6-19-42(33)48-45(34)35/h3-21,26-29,31H,22-25H2,1-2H3. The number of hydrogen-bond acceptors (Lipinski definition) is 2. The highest BCUT2D eigenvalue weighted by Gasteiger charge is 2.56. The summed E-state index contributed by atoms with van der Waals surface area (Å²) in [5.74, 6) is 3.04. The van der Waals surface area contributed by atoms with Crippen LogP contribution in [0.4, 0.5) is 0 Å². The first-order chi connectivity index (χ1) is 24.1. The van der Waals surface area contributed by atoms with Gasteiger partial charge in [0.15, 0.2) is 0 Å². The van der Waals surface area contributed by atoms with Crippen molar-refractivity contribution >= 4 is 53.4 Å². The molecular formula is C47H38OS. The summed E-state index contributed by atoms with van der Waals surface area (Å²) in [6.07, 6.45) is 5.48. The van der Waals surface area contributed by atoms with E-state index in [0.29, 0.717) is 11.8 Å². The second-order valence-corrected chi connectivity index (χ2v) is 16.5. The highest BCUT2D eigenvalue weighted by molar-refractivity contribution is 7.26. The summed E-state index contributed by atoms with van der Waals surface area (Å²) >= 11 is 1.90. The molecule has 2 heterocycles. The normalized spacial score (nSPS) is 24.3. The number of hydrogen-bond donors (Lipinski definition) is 0. The number of benzene rings is 6. The number of fused-ring (bicyclic) bond motifs is 14. The van der Waals surface area contributed by atoms with Gasteiger partial charge in [0.25, 0.3) is 0 Å². The molecule has 2 bridgehead atoms. The maximum Gasteiger partial charge on any atom is 0.143 e. The van der Waals surface area contributed by atoms with Crippen molar-refractivity contribution in [3.8, 4) is 33.4 Å². The first-order valence-corrected chi connectivity index (χ1v) is 19.0. The summed E-state index contributed by atoms with van der Waals surface area (Å²) in [6.45, 7) is 5.07. The van der Waals surface area contributed by atoms with Crippen LogP contribution in [0.3, 0.4) is 0 Å². The van der Waals surface area contributed by atoms with Crippen LogP contribution >= 0.6 is 11.3 Å². The SMILES string of the molecule is CC1CC2CC(C)C3(c4ccccc4-c4c(-c5ccc6sc7c(-c8cccc9c8oc8ccccc89)cccc7c6c5)cccc43)C(C1)C2. The van der Waals surface area contributed by atoms with Gasteiger partial charge in [0.05, 0.1) is 0 Å². The molecule has 1 spiro atoms. The monoisotopic (exact) mass is 650 g/mol. The van der Waals surface area contributed by atoms with Gasteiger partial charge < -0.3 is 4.42 Å². The van der Waals surface area contributed by atoms with Gasteiger partial charge in [-0.05, 0) is 101 Å². The zero-order valence-corrected chi connectivity index (χ0v) is 28.8. The van der Waals surface area contributed by atoms with Crippen molar-refractivity contribution in [2.24, 2.45) is 23.7 Å². The zero-order chi connectivity index (χ0) is 32.4. The van der Waals surface area contributed by atoms with Crippen LogP contribution in [-0.2, 0) is 5.41 Å². The molecule has 2 heteroatoms. The molecule has 238 valence electrons. The largest absolute Gasteiger partial charge is 0.455 e. The van der Waals surface area contributed by atoms with E-state index in [0.717, 1.165) is 28.6 Å². The molecule has 2 aromatic heterocycles. The van der Waals surface area contributed by atoms with E-state index in [-0.39, 0.29) is 5.41 Å². The number of furan rings is 1. The van der Waals surface area contributed by atoms with Crippen molar-refractivity contribution in [2.45, 2.75) is 44.9 Å². The second kappa shape index (κ2) is 10.2. The molecule has 49 heavy (non-hydrogen) atoms. The summed E-state index contributed by atoms with van der Waals surface area (Å²) in [6, 6.07) is 45.7. The Morgan fingerprint density at radius 2 is 1.33 bits per heavy atom. The van der Waals surface area contributed by atoms with E-state index in [9.17, 15) is 0 Å². The van der Waals surface area contributed by atoms with Crippen LogP contribution in [0, 0.1) is 23.7 Å². The quantitative estimate of drug-likeness (QED) is 0.181. The first kappa shape index (κ1) is 28.2. The molecule has 6 aromatic carbocycles. The maximum atomic E-state index is 6.50. The highest BCUT2D eigenvalue weighted by Crippen LogP contribution is 2.65. The van der Waals surface area contributed by atoms with Crippen LogP contribution in [0.15, 0.2) is 126 Å². The minimum absolute atomic E-state index is 0.110. The average Bonchev–Trinajstić information content (AvgIpc) is 3.79. The summed E-state index contributed by atoms with van der Waals surface area (Å²) in [5, 5.41) is 5.01. The molecule has 2 saturated carbocycles.